The Bertz CT molecular complexity index is 1070. The minimum atomic E-state index is -0.679. The number of thiazole rings is 1. The van der Waals surface area contributed by atoms with Crippen LogP contribution in [0.15, 0.2) is 60.2 Å². The average molecular weight is 479 g/mol. The Balaban J connectivity index is 1.57. The smallest absolute Gasteiger partial charge is 0.253 e. The van der Waals surface area contributed by atoms with Crippen molar-refractivity contribution in [3.05, 3.63) is 71.5 Å². The van der Waals surface area contributed by atoms with Gasteiger partial charge >= 0.3 is 0 Å². The van der Waals surface area contributed by atoms with Crippen LogP contribution in [0.4, 0.5) is 0 Å². The van der Waals surface area contributed by atoms with Gasteiger partial charge < -0.3 is 10.6 Å². The standard InChI is InChI=1S/C26H30N4O3S/c1-2-22(31)13-7-4-8-14-23(30-24(32)20-12-9-15-27-16-20)25(33)28-17-21-18-34-26(29-21)19-10-5-3-6-11-19/h3,5-6,9-12,15-16,18,23H,2,4,7-8,13-14,17H2,1H3,(H,28,33)(H,30,32)/t23-/m0/s1. The minimum Gasteiger partial charge on any atom is -0.349 e. The van der Waals surface area contributed by atoms with Gasteiger partial charge in [-0.25, -0.2) is 4.98 Å². The summed E-state index contributed by atoms with van der Waals surface area (Å²) >= 11 is 1.53. The molecule has 0 unspecified atom stereocenters. The first-order valence-corrected chi connectivity index (χ1v) is 12.4. The summed E-state index contributed by atoms with van der Waals surface area (Å²) < 4.78 is 0. The van der Waals surface area contributed by atoms with Gasteiger partial charge in [0.05, 0.1) is 17.8 Å². The van der Waals surface area contributed by atoms with Crippen molar-refractivity contribution >= 4 is 28.9 Å². The molecule has 178 valence electrons. The first-order chi connectivity index (χ1) is 16.6. The molecule has 0 fully saturated rings. The molecular formula is C26H30N4O3S. The van der Waals surface area contributed by atoms with E-state index in [4.69, 9.17) is 0 Å². The second kappa shape index (κ2) is 13.3. The number of benzene rings is 1. The summed E-state index contributed by atoms with van der Waals surface area (Å²) in [4.78, 5) is 45.7. The van der Waals surface area contributed by atoms with Gasteiger partial charge in [-0.15, -0.1) is 11.3 Å². The number of ketones is 1. The lowest BCUT2D eigenvalue weighted by molar-refractivity contribution is -0.123. The van der Waals surface area contributed by atoms with E-state index >= 15 is 0 Å². The Labute approximate surface area is 204 Å². The number of carbonyl (C=O) groups excluding carboxylic acids is 3. The van der Waals surface area contributed by atoms with Crippen LogP contribution in [-0.2, 0) is 16.1 Å². The van der Waals surface area contributed by atoms with Gasteiger partial charge in [-0.1, -0.05) is 50.1 Å². The van der Waals surface area contributed by atoms with Crippen LogP contribution in [0.2, 0.25) is 0 Å². The van der Waals surface area contributed by atoms with Gasteiger partial charge in [-0.3, -0.25) is 19.4 Å². The molecule has 0 spiro atoms. The fourth-order valence-electron chi connectivity index (χ4n) is 3.43. The SMILES string of the molecule is CCC(=O)CCCCC[C@H](NC(=O)c1cccnc1)C(=O)NCc1csc(-c2ccccc2)n1. The Morgan fingerprint density at radius 2 is 1.85 bits per heavy atom. The summed E-state index contributed by atoms with van der Waals surface area (Å²) in [5, 5.41) is 8.57. The van der Waals surface area contributed by atoms with Crippen LogP contribution < -0.4 is 10.6 Å². The van der Waals surface area contributed by atoms with E-state index in [1.165, 1.54) is 17.5 Å². The molecule has 34 heavy (non-hydrogen) atoms. The normalized spacial score (nSPS) is 11.6. The molecule has 0 bridgehead atoms. The zero-order valence-electron chi connectivity index (χ0n) is 19.3. The Morgan fingerprint density at radius 1 is 1.03 bits per heavy atom. The van der Waals surface area contributed by atoms with Gasteiger partial charge in [0.25, 0.3) is 5.91 Å². The van der Waals surface area contributed by atoms with E-state index in [1.54, 1.807) is 18.3 Å². The quantitative estimate of drug-likeness (QED) is 0.351. The van der Waals surface area contributed by atoms with E-state index in [9.17, 15) is 14.4 Å². The monoisotopic (exact) mass is 478 g/mol. The van der Waals surface area contributed by atoms with E-state index in [1.807, 2.05) is 42.6 Å². The van der Waals surface area contributed by atoms with Gasteiger partial charge in [0.15, 0.2) is 0 Å². The summed E-state index contributed by atoms with van der Waals surface area (Å²) in [6.07, 6.45) is 7.01. The number of nitrogens with zero attached hydrogens (tertiary/aromatic N) is 2. The fraction of sp³-hybridized carbons (Fsp3) is 0.346. The van der Waals surface area contributed by atoms with Crippen molar-refractivity contribution < 1.29 is 14.4 Å². The van der Waals surface area contributed by atoms with Crippen LogP contribution in [0.25, 0.3) is 10.6 Å². The number of rotatable bonds is 13. The van der Waals surface area contributed by atoms with Crippen molar-refractivity contribution in [2.45, 2.75) is 58.0 Å². The van der Waals surface area contributed by atoms with Crippen molar-refractivity contribution in [3.8, 4) is 10.6 Å². The number of hydrogen-bond acceptors (Lipinski definition) is 6. The largest absolute Gasteiger partial charge is 0.349 e. The molecular weight excluding hydrogens is 448 g/mol. The second-order valence-electron chi connectivity index (χ2n) is 7.99. The summed E-state index contributed by atoms with van der Waals surface area (Å²) in [6.45, 7) is 2.15. The number of Topliss-reactive ketones (excluding diaryl/α,β-unsaturated/α-hetero) is 1. The molecule has 2 heterocycles. The number of aromatic nitrogens is 2. The topological polar surface area (TPSA) is 101 Å². The predicted molar refractivity (Wildman–Crippen MR) is 133 cm³/mol. The van der Waals surface area contributed by atoms with E-state index in [0.717, 1.165) is 35.5 Å². The molecule has 2 N–H and O–H groups in total. The molecule has 2 aromatic heterocycles. The highest BCUT2D eigenvalue weighted by molar-refractivity contribution is 7.13. The third-order valence-corrected chi connectivity index (χ3v) is 6.34. The van der Waals surface area contributed by atoms with Gasteiger partial charge in [0.2, 0.25) is 5.91 Å². The maximum atomic E-state index is 13.0. The highest BCUT2D eigenvalue weighted by atomic mass is 32.1. The molecule has 8 heteroatoms. The molecule has 7 nitrogen and oxygen atoms in total. The molecule has 2 amide bonds. The molecule has 1 atom stereocenters. The average Bonchev–Trinajstić information content (AvgIpc) is 3.36. The highest BCUT2D eigenvalue weighted by Gasteiger charge is 2.21. The highest BCUT2D eigenvalue weighted by Crippen LogP contribution is 2.23. The van der Waals surface area contributed by atoms with E-state index in [0.29, 0.717) is 24.8 Å². The first kappa shape index (κ1) is 25.2. The van der Waals surface area contributed by atoms with Crippen LogP contribution in [0.5, 0.6) is 0 Å². The predicted octanol–water partition coefficient (Wildman–Crippen LogP) is 4.55. The van der Waals surface area contributed by atoms with Crippen molar-refractivity contribution in [3.63, 3.8) is 0 Å². The molecule has 0 saturated heterocycles. The number of unbranched alkanes of at least 4 members (excludes halogenated alkanes) is 2. The maximum absolute atomic E-state index is 13.0. The Kier molecular flexibility index (Phi) is 9.91. The third kappa shape index (κ3) is 7.88. The second-order valence-corrected chi connectivity index (χ2v) is 8.85. The molecule has 0 aliphatic carbocycles. The third-order valence-electron chi connectivity index (χ3n) is 5.40. The van der Waals surface area contributed by atoms with Crippen molar-refractivity contribution in [1.29, 1.82) is 0 Å². The summed E-state index contributed by atoms with van der Waals surface area (Å²) in [6, 6.07) is 12.5. The molecule has 0 aliphatic rings. The van der Waals surface area contributed by atoms with Crippen molar-refractivity contribution in [2.75, 3.05) is 0 Å². The number of pyridine rings is 1. The van der Waals surface area contributed by atoms with E-state index in [-0.39, 0.29) is 24.1 Å². The van der Waals surface area contributed by atoms with E-state index in [2.05, 4.69) is 20.6 Å². The van der Waals surface area contributed by atoms with Crippen molar-refractivity contribution in [1.82, 2.24) is 20.6 Å². The van der Waals surface area contributed by atoms with Gasteiger partial charge in [-0.2, -0.15) is 0 Å². The molecule has 3 rings (SSSR count). The molecule has 0 saturated carbocycles. The number of hydrogen-bond donors (Lipinski definition) is 2. The number of carbonyl (C=O) groups is 3. The number of amides is 2. The van der Waals surface area contributed by atoms with E-state index < -0.39 is 6.04 Å². The summed E-state index contributed by atoms with van der Waals surface area (Å²) in [5.74, 6) is -0.345. The number of nitrogens with one attached hydrogen (secondary N) is 2. The van der Waals surface area contributed by atoms with Crippen molar-refractivity contribution in [2.24, 2.45) is 0 Å². The zero-order chi connectivity index (χ0) is 24.2. The van der Waals surface area contributed by atoms with Gasteiger partial charge in [0, 0.05) is 36.2 Å². The van der Waals surface area contributed by atoms with Crippen LogP contribution in [0, 0.1) is 0 Å². The van der Waals surface area contributed by atoms with Crippen LogP contribution in [-0.4, -0.2) is 33.6 Å². The zero-order valence-corrected chi connectivity index (χ0v) is 20.1. The lowest BCUT2D eigenvalue weighted by Gasteiger charge is -2.18. The van der Waals surface area contributed by atoms with Gasteiger partial charge in [-0.05, 0) is 25.0 Å². The molecule has 0 radical (unpaired) electrons. The van der Waals surface area contributed by atoms with Gasteiger partial charge in [0.1, 0.15) is 16.8 Å². The Morgan fingerprint density at radius 3 is 2.59 bits per heavy atom. The minimum absolute atomic E-state index is 0.248. The lowest BCUT2D eigenvalue weighted by atomic mass is 10.0. The van der Waals surface area contributed by atoms with Crippen LogP contribution >= 0.6 is 11.3 Å². The molecule has 1 aromatic carbocycles. The Hall–Kier alpha value is -3.39. The van der Waals surface area contributed by atoms with Crippen LogP contribution in [0.1, 0.15) is 61.5 Å². The summed E-state index contributed by atoms with van der Waals surface area (Å²) in [7, 11) is 0. The fourth-order valence-corrected chi connectivity index (χ4v) is 4.26. The lowest BCUT2D eigenvalue weighted by Crippen LogP contribution is -2.46. The maximum Gasteiger partial charge on any atom is 0.253 e. The molecule has 0 aliphatic heterocycles. The van der Waals surface area contributed by atoms with Crippen LogP contribution in [0.3, 0.4) is 0 Å². The molecule has 3 aromatic rings. The summed E-state index contributed by atoms with van der Waals surface area (Å²) in [5.41, 5.74) is 2.21. The first-order valence-electron chi connectivity index (χ1n) is 11.6.